The Hall–Kier alpha value is -1.85. The minimum Gasteiger partial charge on any atom is -0.439 e. The first-order chi connectivity index (χ1) is 11.1. The average molecular weight is 314 g/mol. The van der Waals surface area contributed by atoms with Crippen LogP contribution in [0.15, 0.2) is 30.3 Å². The van der Waals surface area contributed by atoms with Gasteiger partial charge in [0.2, 0.25) is 5.88 Å². The number of hydrogen-bond donors (Lipinski definition) is 1. The van der Waals surface area contributed by atoms with E-state index in [2.05, 4.69) is 22.4 Å². The third kappa shape index (κ3) is 3.74. The lowest BCUT2D eigenvalue weighted by Crippen LogP contribution is -2.35. The molecule has 0 spiro atoms. The lowest BCUT2D eigenvalue weighted by molar-refractivity contribution is 0.299. The van der Waals surface area contributed by atoms with Crippen molar-refractivity contribution in [1.29, 1.82) is 0 Å². The first-order valence-electron chi connectivity index (χ1n) is 8.31. The van der Waals surface area contributed by atoms with Crippen molar-refractivity contribution in [2.24, 2.45) is 7.05 Å². The number of aromatic nitrogens is 2. The third-order valence-electron chi connectivity index (χ3n) is 4.60. The van der Waals surface area contributed by atoms with Crippen LogP contribution in [0.2, 0.25) is 0 Å². The second kappa shape index (κ2) is 7.15. The second-order valence-corrected chi connectivity index (χ2v) is 6.32. The van der Waals surface area contributed by atoms with E-state index < -0.39 is 0 Å². The van der Waals surface area contributed by atoms with Gasteiger partial charge < -0.3 is 15.0 Å². The molecule has 1 aromatic carbocycles. The maximum absolute atomic E-state index is 6.05. The molecule has 0 bridgehead atoms. The molecule has 1 atom stereocenters. The van der Waals surface area contributed by atoms with E-state index in [4.69, 9.17) is 4.74 Å². The molecule has 1 saturated heterocycles. The van der Waals surface area contributed by atoms with Crippen LogP contribution in [-0.2, 0) is 13.6 Å². The Morgan fingerprint density at radius 1 is 1.26 bits per heavy atom. The number of para-hydroxylation sites is 1. The van der Waals surface area contributed by atoms with Crippen molar-refractivity contribution in [2.75, 3.05) is 20.1 Å². The molecule has 1 aliphatic rings. The smallest absolute Gasteiger partial charge is 0.222 e. The molecule has 1 aliphatic heterocycles. The van der Waals surface area contributed by atoms with Gasteiger partial charge in [0, 0.05) is 26.2 Å². The zero-order valence-electron chi connectivity index (χ0n) is 14.2. The van der Waals surface area contributed by atoms with Gasteiger partial charge in [0.1, 0.15) is 5.75 Å². The number of likely N-dealkylation sites (N-methyl/N-ethyl adjacent to an activating group) is 1. The van der Waals surface area contributed by atoms with E-state index in [-0.39, 0.29) is 0 Å². The van der Waals surface area contributed by atoms with Crippen LogP contribution >= 0.6 is 0 Å². The van der Waals surface area contributed by atoms with E-state index in [1.807, 2.05) is 49.0 Å². The number of aryl methyl sites for hydroxylation is 2. The SMILES string of the molecule is Cc1nn(C)c(Oc2ccccc2)c1CNCC1CCCN1C. The molecule has 1 fully saturated rings. The standard InChI is InChI=1S/C18H26N4O/c1-14-17(13-19-12-15-8-7-11-21(15)2)18(22(3)20-14)23-16-9-5-4-6-10-16/h4-6,9-10,15,19H,7-8,11-13H2,1-3H3. The summed E-state index contributed by atoms with van der Waals surface area (Å²) in [6.45, 7) is 5.04. The highest BCUT2D eigenvalue weighted by Crippen LogP contribution is 2.27. The summed E-state index contributed by atoms with van der Waals surface area (Å²) in [7, 11) is 4.14. The molecule has 0 aliphatic carbocycles. The predicted molar refractivity (Wildman–Crippen MR) is 91.8 cm³/mol. The van der Waals surface area contributed by atoms with Crippen molar-refractivity contribution in [2.45, 2.75) is 32.4 Å². The van der Waals surface area contributed by atoms with Gasteiger partial charge in [-0.15, -0.1) is 0 Å². The molecule has 0 saturated carbocycles. The minimum atomic E-state index is 0.644. The molecular weight excluding hydrogens is 288 g/mol. The second-order valence-electron chi connectivity index (χ2n) is 6.32. The molecule has 1 unspecified atom stereocenters. The van der Waals surface area contributed by atoms with Gasteiger partial charge in [-0.2, -0.15) is 5.10 Å². The van der Waals surface area contributed by atoms with Crippen LogP contribution in [0, 0.1) is 6.92 Å². The molecule has 0 radical (unpaired) electrons. The molecule has 2 heterocycles. The molecule has 2 aromatic rings. The summed E-state index contributed by atoms with van der Waals surface area (Å²) in [5, 5.41) is 8.09. The summed E-state index contributed by atoms with van der Waals surface area (Å²) < 4.78 is 7.88. The maximum Gasteiger partial charge on any atom is 0.222 e. The lowest BCUT2D eigenvalue weighted by atomic mass is 10.2. The number of likely N-dealkylation sites (tertiary alicyclic amines) is 1. The van der Waals surface area contributed by atoms with Gasteiger partial charge in [0.25, 0.3) is 0 Å². The van der Waals surface area contributed by atoms with Crippen molar-refractivity contribution in [3.63, 3.8) is 0 Å². The van der Waals surface area contributed by atoms with Gasteiger partial charge in [-0.05, 0) is 45.5 Å². The van der Waals surface area contributed by atoms with Gasteiger partial charge >= 0.3 is 0 Å². The zero-order valence-corrected chi connectivity index (χ0v) is 14.2. The topological polar surface area (TPSA) is 42.3 Å². The number of rotatable bonds is 6. The van der Waals surface area contributed by atoms with E-state index in [1.165, 1.54) is 19.4 Å². The van der Waals surface area contributed by atoms with Crippen molar-refractivity contribution < 1.29 is 4.74 Å². The number of nitrogens with zero attached hydrogens (tertiary/aromatic N) is 3. The molecular formula is C18H26N4O. The van der Waals surface area contributed by atoms with E-state index in [0.29, 0.717) is 6.04 Å². The first-order valence-corrected chi connectivity index (χ1v) is 8.31. The summed E-state index contributed by atoms with van der Waals surface area (Å²) in [5.74, 6) is 1.66. The normalized spacial score (nSPS) is 18.5. The van der Waals surface area contributed by atoms with Gasteiger partial charge in [0.15, 0.2) is 0 Å². The Bertz CT molecular complexity index is 638. The Labute approximate surface area is 138 Å². The molecule has 23 heavy (non-hydrogen) atoms. The minimum absolute atomic E-state index is 0.644. The summed E-state index contributed by atoms with van der Waals surface area (Å²) in [4.78, 5) is 2.44. The predicted octanol–water partition coefficient (Wildman–Crippen LogP) is 2.70. The Morgan fingerprint density at radius 2 is 2.04 bits per heavy atom. The van der Waals surface area contributed by atoms with Crippen LogP contribution < -0.4 is 10.1 Å². The van der Waals surface area contributed by atoms with E-state index in [0.717, 1.165) is 36.0 Å². The van der Waals surface area contributed by atoms with Gasteiger partial charge in [0.05, 0.1) is 11.3 Å². The number of nitrogens with one attached hydrogen (secondary N) is 1. The number of hydrogen-bond acceptors (Lipinski definition) is 4. The van der Waals surface area contributed by atoms with Crippen LogP contribution in [0.4, 0.5) is 0 Å². The highest BCUT2D eigenvalue weighted by atomic mass is 16.5. The molecule has 5 heteroatoms. The van der Waals surface area contributed by atoms with Gasteiger partial charge in [-0.25, -0.2) is 4.68 Å². The Kier molecular flexibility index (Phi) is 4.98. The summed E-state index contributed by atoms with van der Waals surface area (Å²) in [6, 6.07) is 10.5. The highest BCUT2D eigenvalue weighted by Gasteiger charge is 2.21. The van der Waals surface area contributed by atoms with Gasteiger partial charge in [-0.3, -0.25) is 0 Å². The van der Waals surface area contributed by atoms with Gasteiger partial charge in [-0.1, -0.05) is 18.2 Å². The van der Waals surface area contributed by atoms with Crippen LogP contribution in [0.25, 0.3) is 0 Å². The van der Waals surface area contributed by atoms with E-state index in [1.54, 1.807) is 0 Å². The Balaban J connectivity index is 1.66. The lowest BCUT2D eigenvalue weighted by Gasteiger charge is -2.19. The maximum atomic E-state index is 6.05. The summed E-state index contributed by atoms with van der Waals surface area (Å²) >= 11 is 0. The quantitative estimate of drug-likeness (QED) is 0.890. The summed E-state index contributed by atoms with van der Waals surface area (Å²) in [6.07, 6.45) is 2.58. The monoisotopic (exact) mass is 314 g/mol. The first kappa shape index (κ1) is 16.0. The van der Waals surface area contributed by atoms with Crippen LogP contribution in [-0.4, -0.2) is 40.9 Å². The Morgan fingerprint density at radius 3 is 2.74 bits per heavy atom. The van der Waals surface area contributed by atoms with Crippen LogP contribution in [0.3, 0.4) is 0 Å². The van der Waals surface area contributed by atoms with Crippen LogP contribution in [0.5, 0.6) is 11.6 Å². The molecule has 5 nitrogen and oxygen atoms in total. The fourth-order valence-electron chi connectivity index (χ4n) is 3.21. The molecule has 1 N–H and O–H groups in total. The largest absolute Gasteiger partial charge is 0.439 e. The molecule has 3 rings (SSSR count). The summed E-state index contributed by atoms with van der Waals surface area (Å²) in [5.41, 5.74) is 2.16. The van der Waals surface area contributed by atoms with Crippen molar-refractivity contribution in [1.82, 2.24) is 20.0 Å². The third-order valence-corrected chi connectivity index (χ3v) is 4.60. The van der Waals surface area contributed by atoms with E-state index >= 15 is 0 Å². The fraction of sp³-hybridized carbons (Fsp3) is 0.500. The van der Waals surface area contributed by atoms with Crippen molar-refractivity contribution in [3.05, 3.63) is 41.6 Å². The number of benzene rings is 1. The van der Waals surface area contributed by atoms with Crippen molar-refractivity contribution in [3.8, 4) is 11.6 Å². The number of ether oxygens (including phenoxy) is 1. The highest BCUT2D eigenvalue weighted by molar-refractivity contribution is 5.35. The van der Waals surface area contributed by atoms with Crippen LogP contribution in [0.1, 0.15) is 24.1 Å². The van der Waals surface area contributed by atoms with Crippen molar-refractivity contribution >= 4 is 0 Å². The molecule has 0 amide bonds. The fourth-order valence-corrected chi connectivity index (χ4v) is 3.21. The average Bonchev–Trinajstić information content (AvgIpc) is 3.06. The molecule has 1 aromatic heterocycles. The zero-order chi connectivity index (χ0) is 16.2. The molecule has 124 valence electrons. The van der Waals surface area contributed by atoms with E-state index in [9.17, 15) is 0 Å².